The zero-order chi connectivity index (χ0) is 11.5. The molecule has 1 fully saturated rings. The van der Waals surface area contributed by atoms with Gasteiger partial charge in [0.1, 0.15) is 0 Å². The van der Waals surface area contributed by atoms with Crippen molar-refractivity contribution in [1.29, 1.82) is 0 Å². The topological polar surface area (TPSA) is 6.48 Å². The summed E-state index contributed by atoms with van der Waals surface area (Å²) in [5, 5.41) is 0. The third kappa shape index (κ3) is 3.06. The lowest BCUT2D eigenvalue weighted by atomic mass is 10.2. The van der Waals surface area contributed by atoms with E-state index in [1.165, 1.54) is 25.1 Å². The van der Waals surface area contributed by atoms with Crippen LogP contribution in [-0.2, 0) is 6.54 Å². The number of rotatable bonds is 3. The minimum Gasteiger partial charge on any atom is -0.305 e. The van der Waals surface area contributed by atoms with Gasteiger partial charge in [-0.1, -0.05) is 28.1 Å². The normalized spacial score (nSPS) is 21.9. The highest BCUT2D eigenvalue weighted by Crippen LogP contribution is 2.17. The van der Waals surface area contributed by atoms with Crippen LogP contribution in [0.4, 0.5) is 0 Å². The fourth-order valence-corrected chi connectivity index (χ4v) is 2.49. The summed E-state index contributed by atoms with van der Waals surface area (Å²) >= 11 is 3.47. The highest BCUT2D eigenvalue weighted by molar-refractivity contribution is 9.10. The molecule has 1 aliphatic heterocycles. The third-order valence-electron chi connectivity index (χ3n) is 3.30. The third-order valence-corrected chi connectivity index (χ3v) is 3.83. The molecule has 0 aromatic heterocycles. The summed E-state index contributed by atoms with van der Waals surface area (Å²) in [6.07, 6.45) is 1.30. The smallest absolute Gasteiger partial charge is 0.0234 e. The number of nitrogens with zero attached hydrogens (tertiary/aromatic N) is 2. The number of halogens is 1. The number of likely N-dealkylation sites (tertiary alicyclic amines) is 1. The van der Waals surface area contributed by atoms with E-state index in [1.54, 1.807) is 0 Å². The zero-order valence-electron chi connectivity index (χ0n) is 9.99. The Morgan fingerprint density at radius 2 is 2.00 bits per heavy atom. The van der Waals surface area contributed by atoms with E-state index in [1.807, 2.05) is 0 Å². The van der Waals surface area contributed by atoms with Gasteiger partial charge in [-0.2, -0.15) is 0 Å². The van der Waals surface area contributed by atoms with Crippen molar-refractivity contribution in [2.24, 2.45) is 0 Å². The Morgan fingerprint density at radius 3 is 2.56 bits per heavy atom. The molecule has 0 bridgehead atoms. The quantitative estimate of drug-likeness (QED) is 0.841. The van der Waals surface area contributed by atoms with Crippen molar-refractivity contribution >= 4 is 15.9 Å². The molecule has 0 radical (unpaired) electrons. The first-order chi connectivity index (χ1) is 7.65. The van der Waals surface area contributed by atoms with Gasteiger partial charge in [0.05, 0.1) is 0 Å². The monoisotopic (exact) mass is 282 g/mol. The second-order valence-electron chi connectivity index (χ2n) is 4.77. The number of hydrogen-bond donors (Lipinski definition) is 0. The minimum absolute atomic E-state index is 0.732. The second kappa shape index (κ2) is 5.30. The van der Waals surface area contributed by atoms with Crippen molar-refractivity contribution in [2.75, 3.05) is 27.2 Å². The van der Waals surface area contributed by atoms with Gasteiger partial charge in [0.15, 0.2) is 0 Å². The summed E-state index contributed by atoms with van der Waals surface area (Å²) < 4.78 is 1.16. The van der Waals surface area contributed by atoms with Crippen molar-refractivity contribution in [3.63, 3.8) is 0 Å². The van der Waals surface area contributed by atoms with Gasteiger partial charge in [0.25, 0.3) is 0 Å². The van der Waals surface area contributed by atoms with Gasteiger partial charge in [-0.3, -0.25) is 4.90 Å². The maximum Gasteiger partial charge on any atom is 0.0234 e. The van der Waals surface area contributed by atoms with Crippen molar-refractivity contribution in [3.05, 3.63) is 34.3 Å². The molecule has 3 heteroatoms. The first-order valence-electron chi connectivity index (χ1n) is 5.78. The molecule has 0 aliphatic carbocycles. The van der Waals surface area contributed by atoms with E-state index in [0.29, 0.717) is 0 Å². The molecule has 0 unspecified atom stereocenters. The van der Waals surface area contributed by atoms with E-state index in [2.05, 4.69) is 64.1 Å². The molecular formula is C13H19BrN2. The maximum absolute atomic E-state index is 3.47. The predicted molar refractivity (Wildman–Crippen MR) is 71.5 cm³/mol. The Morgan fingerprint density at radius 1 is 1.31 bits per heavy atom. The molecule has 1 atom stereocenters. The highest BCUT2D eigenvalue weighted by atomic mass is 79.9. The molecule has 0 amide bonds. The lowest BCUT2D eigenvalue weighted by Crippen LogP contribution is -2.31. The van der Waals surface area contributed by atoms with Crippen LogP contribution in [0, 0.1) is 0 Å². The van der Waals surface area contributed by atoms with Crippen LogP contribution in [0.3, 0.4) is 0 Å². The largest absolute Gasteiger partial charge is 0.305 e. The summed E-state index contributed by atoms with van der Waals surface area (Å²) in [6, 6.07) is 9.37. The Kier molecular flexibility index (Phi) is 4.00. The lowest BCUT2D eigenvalue weighted by Gasteiger charge is -2.20. The van der Waals surface area contributed by atoms with Crippen molar-refractivity contribution < 1.29 is 0 Å². The number of benzene rings is 1. The highest BCUT2D eigenvalue weighted by Gasteiger charge is 2.23. The van der Waals surface area contributed by atoms with E-state index in [9.17, 15) is 0 Å². The van der Waals surface area contributed by atoms with E-state index >= 15 is 0 Å². The second-order valence-corrected chi connectivity index (χ2v) is 5.68. The molecule has 2 rings (SSSR count). The Labute approximate surface area is 106 Å². The molecule has 1 aliphatic rings. The Hall–Kier alpha value is -0.380. The SMILES string of the molecule is CN(C)[C@@H]1CCN(Cc2ccc(Br)cc2)C1. The first-order valence-corrected chi connectivity index (χ1v) is 6.57. The molecule has 1 aromatic rings. The molecule has 16 heavy (non-hydrogen) atoms. The van der Waals surface area contributed by atoms with Crippen LogP contribution in [0.2, 0.25) is 0 Å². The van der Waals surface area contributed by atoms with E-state index in [4.69, 9.17) is 0 Å². The van der Waals surface area contributed by atoms with Crippen LogP contribution in [0.15, 0.2) is 28.7 Å². The van der Waals surface area contributed by atoms with E-state index < -0.39 is 0 Å². The summed E-state index contributed by atoms with van der Waals surface area (Å²) in [5.41, 5.74) is 1.41. The van der Waals surface area contributed by atoms with Crippen molar-refractivity contribution in [3.8, 4) is 0 Å². The molecule has 0 saturated carbocycles. The Bertz CT molecular complexity index is 334. The van der Waals surface area contributed by atoms with Crippen molar-refractivity contribution in [1.82, 2.24) is 9.80 Å². The predicted octanol–water partition coefficient (Wildman–Crippen LogP) is 2.59. The summed E-state index contributed by atoms with van der Waals surface area (Å²) in [4.78, 5) is 4.87. The fourth-order valence-electron chi connectivity index (χ4n) is 2.23. The van der Waals surface area contributed by atoms with E-state index in [0.717, 1.165) is 17.1 Å². The zero-order valence-corrected chi connectivity index (χ0v) is 11.6. The van der Waals surface area contributed by atoms with Crippen LogP contribution in [0.1, 0.15) is 12.0 Å². The van der Waals surface area contributed by atoms with Gasteiger partial charge in [0, 0.05) is 30.1 Å². The average Bonchev–Trinajstić information content (AvgIpc) is 2.70. The molecule has 1 aromatic carbocycles. The van der Waals surface area contributed by atoms with Gasteiger partial charge >= 0.3 is 0 Å². The minimum atomic E-state index is 0.732. The van der Waals surface area contributed by atoms with Crippen LogP contribution >= 0.6 is 15.9 Å². The molecule has 1 saturated heterocycles. The number of likely N-dealkylation sites (N-methyl/N-ethyl adjacent to an activating group) is 1. The van der Waals surface area contributed by atoms with Crippen LogP contribution < -0.4 is 0 Å². The summed E-state index contributed by atoms with van der Waals surface area (Å²) in [6.45, 7) is 3.50. The van der Waals surface area contributed by atoms with Crippen LogP contribution in [-0.4, -0.2) is 43.0 Å². The van der Waals surface area contributed by atoms with Crippen LogP contribution in [0.5, 0.6) is 0 Å². The summed E-state index contributed by atoms with van der Waals surface area (Å²) in [7, 11) is 4.35. The maximum atomic E-state index is 3.47. The molecule has 0 spiro atoms. The van der Waals surface area contributed by atoms with Gasteiger partial charge < -0.3 is 4.90 Å². The molecule has 1 heterocycles. The van der Waals surface area contributed by atoms with Gasteiger partial charge in [-0.05, 0) is 38.2 Å². The Balaban J connectivity index is 1.89. The van der Waals surface area contributed by atoms with Crippen molar-refractivity contribution in [2.45, 2.75) is 19.0 Å². The average molecular weight is 283 g/mol. The molecular weight excluding hydrogens is 264 g/mol. The fraction of sp³-hybridized carbons (Fsp3) is 0.538. The van der Waals surface area contributed by atoms with Gasteiger partial charge in [-0.15, -0.1) is 0 Å². The molecule has 88 valence electrons. The first kappa shape index (κ1) is 12.1. The van der Waals surface area contributed by atoms with Crippen LogP contribution in [0.25, 0.3) is 0 Å². The summed E-state index contributed by atoms with van der Waals surface area (Å²) in [5.74, 6) is 0. The van der Waals surface area contributed by atoms with Gasteiger partial charge in [0.2, 0.25) is 0 Å². The number of hydrogen-bond acceptors (Lipinski definition) is 2. The lowest BCUT2D eigenvalue weighted by molar-refractivity contribution is 0.264. The van der Waals surface area contributed by atoms with Gasteiger partial charge in [-0.25, -0.2) is 0 Å². The molecule has 0 N–H and O–H groups in total. The van der Waals surface area contributed by atoms with E-state index in [-0.39, 0.29) is 0 Å². The molecule has 2 nitrogen and oxygen atoms in total. The standard InChI is InChI=1S/C13H19BrN2/c1-15(2)13-7-8-16(10-13)9-11-3-5-12(14)6-4-11/h3-6,13H,7-10H2,1-2H3/t13-/m1/s1.